The molecular weight excluding hydrogens is 274 g/mol. The van der Waals surface area contributed by atoms with Crippen molar-refractivity contribution in [2.75, 3.05) is 11.9 Å². The summed E-state index contributed by atoms with van der Waals surface area (Å²) in [6.45, 7) is 4.92. The van der Waals surface area contributed by atoms with Crippen LogP contribution in [-0.4, -0.2) is 16.5 Å². The third kappa shape index (κ3) is 2.35. The number of aryl methyl sites for hydroxylation is 1. The fourth-order valence-electron chi connectivity index (χ4n) is 2.64. The van der Waals surface area contributed by atoms with Crippen molar-refractivity contribution < 1.29 is 4.92 Å². The molecule has 0 bridgehead atoms. The van der Waals surface area contributed by atoms with Gasteiger partial charge in [-0.3, -0.25) is 10.1 Å². The number of thiazole rings is 1. The SMILES string of the molecule is Cc1nc2cc(NCC3(C)CCC3)c([N+](=O)[O-])cc2s1. The maximum Gasteiger partial charge on any atom is 0.293 e. The maximum absolute atomic E-state index is 11.2. The lowest BCUT2D eigenvalue weighted by Crippen LogP contribution is -2.33. The van der Waals surface area contributed by atoms with E-state index in [1.807, 2.05) is 6.92 Å². The van der Waals surface area contributed by atoms with Crippen LogP contribution in [0, 0.1) is 22.5 Å². The minimum Gasteiger partial charge on any atom is -0.379 e. The van der Waals surface area contributed by atoms with E-state index >= 15 is 0 Å². The van der Waals surface area contributed by atoms with E-state index in [1.165, 1.54) is 30.6 Å². The second-order valence-electron chi connectivity index (χ2n) is 5.84. The van der Waals surface area contributed by atoms with Crippen LogP contribution in [0.25, 0.3) is 10.2 Å². The van der Waals surface area contributed by atoms with Crippen molar-refractivity contribution in [3.63, 3.8) is 0 Å². The van der Waals surface area contributed by atoms with Gasteiger partial charge < -0.3 is 5.32 Å². The van der Waals surface area contributed by atoms with E-state index in [0.29, 0.717) is 5.69 Å². The summed E-state index contributed by atoms with van der Waals surface area (Å²) in [5.41, 5.74) is 1.84. The summed E-state index contributed by atoms with van der Waals surface area (Å²) in [4.78, 5) is 15.3. The van der Waals surface area contributed by atoms with Gasteiger partial charge in [0.15, 0.2) is 0 Å². The number of fused-ring (bicyclic) bond motifs is 1. The highest BCUT2D eigenvalue weighted by molar-refractivity contribution is 7.18. The Morgan fingerprint density at radius 2 is 2.25 bits per heavy atom. The number of hydrogen-bond donors (Lipinski definition) is 1. The van der Waals surface area contributed by atoms with Crippen LogP contribution in [0.5, 0.6) is 0 Å². The Labute approximate surface area is 121 Å². The Morgan fingerprint density at radius 1 is 1.50 bits per heavy atom. The highest BCUT2D eigenvalue weighted by Crippen LogP contribution is 2.41. The van der Waals surface area contributed by atoms with Gasteiger partial charge >= 0.3 is 0 Å². The van der Waals surface area contributed by atoms with E-state index in [1.54, 1.807) is 12.1 Å². The first-order valence-corrected chi connectivity index (χ1v) is 7.58. The molecule has 3 rings (SSSR count). The minimum absolute atomic E-state index is 0.143. The number of rotatable bonds is 4. The van der Waals surface area contributed by atoms with Crippen molar-refractivity contribution in [2.45, 2.75) is 33.1 Å². The molecule has 0 spiro atoms. The fourth-order valence-corrected chi connectivity index (χ4v) is 3.48. The average molecular weight is 291 g/mol. The normalized spacial score (nSPS) is 16.9. The molecule has 20 heavy (non-hydrogen) atoms. The van der Waals surface area contributed by atoms with Crippen LogP contribution in [0.1, 0.15) is 31.2 Å². The average Bonchev–Trinajstić information content (AvgIpc) is 2.71. The van der Waals surface area contributed by atoms with Gasteiger partial charge in [-0.2, -0.15) is 0 Å². The van der Waals surface area contributed by atoms with Gasteiger partial charge in [0.05, 0.1) is 20.1 Å². The predicted molar refractivity (Wildman–Crippen MR) is 81.5 cm³/mol. The quantitative estimate of drug-likeness (QED) is 0.679. The van der Waals surface area contributed by atoms with Crippen molar-refractivity contribution in [1.29, 1.82) is 0 Å². The highest BCUT2D eigenvalue weighted by Gasteiger charge is 2.32. The molecule has 1 heterocycles. The van der Waals surface area contributed by atoms with E-state index in [2.05, 4.69) is 17.2 Å². The number of benzene rings is 1. The minimum atomic E-state index is -0.320. The van der Waals surface area contributed by atoms with Gasteiger partial charge in [0.25, 0.3) is 5.69 Å². The second-order valence-corrected chi connectivity index (χ2v) is 7.08. The Hall–Kier alpha value is -1.69. The third-order valence-corrected chi connectivity index (χ3v) is 5.01. The molecule has 1 aromatic heterocycles. The number of nitro groups is 1. The second kappa shape index (κ2) is 4.70. The van der Waals surface area contributed by atoms with Gasteiger partial charge in [-0.25, -0.2) is 4.98 Å². The van der Waals surface area contributed by atoms with Gasteiger partial charge in [0, 0.05) is 12.6 Å². The summed E-state index contributed by atoms with van der Waals surface area (Å²) in [7, 11) is 0. The van der Waals surface area contributed by atoms with E-state index in [0.717, 1.165) is 21.8 Å². The predicted octanol–water partition coefficient (Wildman–Crippen LogP) is 4.12. The standard InChI is InChI=1S/C14H17N3O2S/c1-9-16-11-6-10(15-8-14(2)4-3-5-14)12(17(18)19)7-13(11)20-9/h6-7,15H,3-5,8H2,1-2H3. The number of nitrogens with zero attached hydrogens (tertiary/aromatic N) is 2. The van der Waals surface area contributed by atoms with Gasteiger partial charge in [-0.05, 0) is 31.2 Å². The Balaban J connectivity index is 1.94. The molecule has 5 nitrogen and oxygen atoms in total. The number of anilines is 1. The van der Waals surface area contributed by atoms with Crippen LogP contribution in [0.4, 0.5) is 11.4 Å². The van der Waals surface area contributed by atoms with Crippen LogP contribution in [0.3, 0.4) is 0 Å². The number of nitrogens with one attached hydrogen (secondary N) is 1. The Bertz CT molecular complexity index is 676. The van der Waals surface area contributed by atoms with Crippen molar-refractivity contribution >= 4 is 32.9 Å². The summed E-state index contributed by atoms with van der Waals surface area (Å²) < 4.78 is 0.870. The van der Waals surface area contributed by atoms with Crippen LogP contribution in [0.2, 0.25) is 0 Å². The summed E-state index contributed by atoms with van der Waals surface area (Å²) >= 11 is 1.49. The zero-order valence-electron chi connectivity index (χ0n) is 11.6. The van der Waals surface area contributed by atoms with Crippen LogP contribution in [-0.2, 0) is 0 Å². The van der Waals surface area contributed by atoms with Gasteiger partial charge in [0.1, 0.15) is 5.69 Å². The zero-order chi connectivity index (χ0) is 14.3. The fraction of sp³-hybridized carbons (Fsp3) is 0.500. The molecule has 0 unspecified atom stereocenters. The van der Waals surface area contributed by atoms with Crippen molar-refractivity contribution in [1.82, 2.24) is 4.98 Å². The lowest BCUT2D eigenvalue weighted by molar-refractivity contribution is -0.383. The van der Waals surface area contributed by atoms with Gasteiger partial charge in [-0.1, -0.05) is 13.3 Å². The van der Waals surface area contributed by atoms with Crippen molar-refractivity contribution in [3.05, 3.63) is 27.3 Å². The van der Waals surface area contributed by atoms with Crippen molar-refractivity contribution in [2.24, 2.45) is 5.41 Å². The first-order valence-electron chi connectivity index (χ1n) is 6.76. The molecule has 0 atom stereocenters. The molecule has 1 aliphatic carbocycles. The molecule has 1 aliphatic rings. The molecule has 2 aromatic rings. The molecule has 0 amide bonds. The highest BCUT2D eigenvalue weighted by atomic mass is 32.1. The number of aromatic nitrogens is 1. The molecule has 1 fully saturated rings. The van der Waals surface area contributed by atoms with E-state index in [9.17, 15) is 10.1 Å². The topological polar surface area (TPSA) is 68.1 Å². The van der Waals surface area contributed by atoms with E-state index in [-0.39, 0.29) is 16.0 Å². The molecule has 1 N–H and O–H groups in total. The number of hydrogen-bond acceptors (Lipinski definition) is 5. The van der Waals surface area contributed by atoms with Crippen LogP contribution in [0.15, 0.2) is 12.1 Å². The zero-order valence-corrected chi connectivity index (χ0v) is 12.4. The van der Waals surface area contributed by atoms with Crippen LogP contribution < -0.4 is 5.32 Å². The van der Waals surface area contributed by atoms with E-state index < -0.39 is 0 Å². The molecule has 106 valence electrons. The largest absolute Gasteiger partial charge is 0.379 e. The molecule has 0 saturated heterocycles. The molecule has 0 radical (unpaired) electrons. The molecule has 0 aliphatic heterocycles. The summed E-state index contributed by atoms with van der Waals surface area (Å²) in [5, 5.41) is 15.4. The van der Waals surface area contributed by atoms with Gasteiger partial charge in [-0.15, -0.1) is 11.3 Å². The first-order chi connectivity index (χ1) is 9.47. The molecule has 1 aromatic carbocycles. The first kappa shape index (κ1) is 13.3. The lowest BCUT2D eigenvalue weighted by Gasteiger charge is -2.38. The molecular formula is C14H17N3O2S. The third-order valence-electron chi connectivity index (χ3n) is 4.08. The summed E-state index contributed by atoms with van der Waals surface area (Å²) in [6, 6.07) is 3.43. The van der Waals surface area contributed by atoms with Crippen molar-refractivity contribution in [3.8, 4) is 0 Å². The van der Waals surface area contributed by atoms with Gasteiger partial charge in [0.2, 0.25) is 0 Å². The summed E-state index contributed by atoms with van der Waals surface area (Å²) in [5.74, 6) is 0. The van der Waals surface area contributed by atoms with E-state index in [4.69, 9.17) is 0 Å². The monoisotopic (exact) mass is 291 g/mol. The smallest absolute Gasteiger partial charge is 0.293 e. The van der Waals surface area contributed by atoms with Crippen LogP contribution >= 0.6 is 11.3 Å². The Morgan fingerprint density at radius 3 is 2.85 bits per heavy atom. The molecule has 1 saturated carbocycles. The maximum atomic E-state index is 11.2. The number of nitro benzene ring substituents is 1. The summed E-state index contributed by atoms with van der Waals surface area (Å²) in [6.07, 6.45) is 3.63. The molecule has 6 heteroatoms. The lowest BCUT2D eigenvalue weighted by atomic mass is 9.70. The Kier molecular flexibility index (Phi) is 3.12.